The lowest BCUT2D eigenvalue weighted by molar-refractivity contribution is -0.142. The van der Waals surface area contributed by atoms with Crippen molar-refractivity contribution < 1.29 is 19.5 Å². The number of nitrogens with zero attached hydrogens (tertiary/aromatic N) is 1. The Morgan fingerprint density at radius 1 is 1.06 bits per heavy atom. The molecule has 0 amide bonds. The van der Waals surface area contributed by atoms with Crippen LogP contribution in [0.3, 0.4) is 0 Å². The summed E-state index contributed by atoms with van der Waals surface area (Å²) in [5.41, 5.74) is 7.40. The fourth-order valence-electron chi connectivity index (χ4n) is 3.54. The first-order chi connectivity index (χ1) is 16.6. The summed E-state index contributed by atoms with van der Waals surface area (Å²) in [4.78, 5) is 21.3. The molecule has 0 spiro atoms. The summed E-state index contributed by atoms with van der Waals surface area (Å²) in [6.45, 7) is 6.79. The van der Waals surface area contributed by atoms with Gasteiger partial charge in [-0.15, -0.1) is 0 Å². The number of carboxylic acid groups (broad SMARTS) is 1. The van der Waals surface area contributed by atoms with Crippen molar-refractivity contribution in [2.24, 2.45) is 5.92 Å². The molecule has 0 aliphatic carbocycles. The summed E-state index contributed by atoms with van der Waals surface area (Å²) in [5.74, 6) is -0.355. The molecule has 1 aromatic heterocycles. The molecule has 2 aromatic carbocycles. The van der Waals surface area contributed by atoms with Crippen molar-refractivity contribution in [3.63, 3.8) is 0 Å². The number of pyridine rings is 1. The van der Waals surface area contributed by atoms with Crippen LogP contribution in [0.2, 0.25) is 0 Å². The van der Waals surface area contributed by atoms with Gasteiger partial charge in [0.05, 0.1) is 17.3 Å². The summed E-state index contributed by atoms with van der Waals surface area (Å²) in [6, 6.07) is 21.3. The summed E-state index contributed by atoms with van der Waals surface area (Å²) in [7, 11) is 0. The van der Waals surface area contributed by atoms with Gasteiger partial charge in [-0.3, -0.25) is 20.1 Å². The highest BCUT2D eigenvalue weighted by Crippen LogP contribution is 2.20. The van der Waals surface area contributed by atoms with Gasteiger partial charge in [-0.1, -0.05) is 68.8 Å². The average molecular weight is 461 g/mol. The van der Waals surface area contributed by atoms with Crippen molar-refractivity contribution in [2.45, 2.75) is 32.6 Å². The number of aromatic nitrogens is 1. The number of rotatable bonds is 14. The molecule has 3 aromatic rings. The Balaban J connectivity index is 1.37. The smallest absolute Gasteiger partial charge is 0.306 e. The van der Waals surface area contributed by atoms with Crippen LogP contribution in [0.5, 0.6) is 5.75 Å². The zero-order chi connectivity index (χ0) is 24.2. The SMILES string of the molecule is C=C(NOCCOc1ccc(CC(CCCC)C(=O)O)cc1)c1ccc(-c2ccccn2)cc1. The van der Waals surface area contributed by atoms with Crippen LogP contribution in [0.4, 0.5) is 0 Å². The normalized spacial score (nSPS) is 11.6. The molecule has 0 fully saturated rings. The lowest BCUT2D eigenvalue weighted by atomic mass is 9.94. The molecular formula is C28H32N2O4. The van der Waals surface area contributed by atoms with E-state index in [1.165, 1.54) is 0 Å². The first-order valence-electron chi connectivity index (χ1n) is 11.6. The molecule has 1 atom stereocenters. The minimum absolute atomic E-state index is 0.338. The van der Waals surface area contributed by atoms with Crippen LogP contribution in [0.15, 0.2) is 79.5 Å². The Hall–Kier alpha value is -3.64. The molecule has 34 heavy (non-hydrogen) atoms. The number of hydroxylamine groups is 1. The number of carbonyl (C=O) groups is 1. The van der Waals surface area contributed by atoms with Gasteiger partial charge in [-0.2, -0.15) is 0 Å². The number of ether oxygens (including phenoxy) is 1. The third-order valence-electron chi connectivity index (χ3n) is 5.50. The minimum atomic E-state index is -0.732. The molecule has 0 bridgehead atoms. The molecule has 0 saturated carbocycles. The third kappa shape index (κ3) is 7.74. The number of carboxylic acids is 1. The maximum atomic E-state index is 11.4. The molecule has 1 unspecified atom stereocenters. The maximum Gasteiger partial charge on any atom is 0.306 e. The molecule has 0 aliphatic heterocycles. The van der Waals surface area contributed by atoms with E-state index in [0.717, 1.165) is 41.0 Å². The van der Waals surface area contributed by atoms with Crippen LogP contribution in [0.25, 0.3) is 17.0 Å². The first-order valence-corrected chi connectivity index (χ1v) is 11.6. The highest BCUT2D eigenvalue weighted by atomic mass is 16.7. The fourth-order valence-corrected chi connectivity index (χ4v) is 3.54. The van der Waals surface area contributed by atoms with E-state index >= 15 is 0 Å². The second-order valence-electron chi connectivity index (χ2n) is 8.10. The van der Waals surface area contributed by atoms with Crippen LogP contribution >= 0.6 is 0 Å². The predicted octanol–water partition coefficient (Wildman–Crippen LogP) is 5.75. The van der Waals surface area contributed by atoms with Crippen LogP contribution in [-0.2, 0) is 16.1 Å². The van der Waals surface area contributed by atoms with Crippen molar-refractivity contribution in [3.8, 4) is 17.0 Å². The van der Waals surface area contributed by atoms with Crippen LogP contribution in [0, 0.1) is 5.92 Å². The first kappa shape index (κ1) is 25.0. The Bertz CT molecular complexity index is 1030. The molecule has 0 aliphatic rings. The number of hydrogen-bond donors (Lipinski definition) is 2. The predicted molar refractivity (Wildman–Crippen MR) is 134 cm³/mol. The highest BCUT2D eigenvalue weighted by Gasteiger charge is 2.17. The van der Waals surface area contributed by atoms with Crippen molar-refractivity contribution in [3.05, 3.63) is 90.6 Å². The standard InChI is InChI=1S/C28H32N2O4/c1-3-4-7-25(28(31)32)20-22-9-15-26(16-10-22)33-18-19-34-30-21(2)23-11-13-24(14-12-23)27-8-5-6-17-29-27/h5-6,8-17,25,30H,2-4,7,18-20H2,1H3,(H,31,32). The second-order valence-corrected chi connectivity index (χ2v) is 8.10. The third-order valence-corrected chi connectivity index (χ3v) is 5.50. The number of benzene rings is 2. The van der Waals surface area contributed by atoms with Crippen molar-refractivity contribution >= 4 is 11.7 Å². The van der Waals surface area contributed by atoms with Crippen LogP contribution < -0.4 is 10.2 Å². The van der Waals surface area contributed by atoms with E-state index < -0.39 is 5.97 Å². The van der Waals surface area contributed by atoms with E-state index in [9.17, 15) is 9.90 Å². The number of hydrogen-bond acceptors (Lipinski definition) is 5. The Morgan fingerprint density at radius 2 is 1.82 bits per heavy atom. The lowest BCUT2D eigenvalue weighted by Gasteiger charge is -2.13. The van der Waals surface area contributed by atoms with Gasteiger partial charge in [0.25, 0.3) is 0 Å². The second kappa shape index (κ2) is 13.2. The molecule has 6 nitrogen and oxygen atoms in total. The molecule has 6 heteroatoms. The van der Waals surface area contributed by atoms with E-state index in [0.29, 0.717) is 31.8 Å². The van der Waals surface area contributed by atoms with Gasteiger partial charge in [-0.25, -0.2) is 0 Å². The van der Waals surface area contributed by atoms with E-state index in [4.69, 9.17) is 9.57 Å². The highest BCUT2D eigenvalue weighted by molar-refractivity contribution is 5.70. The van der Waals surface area contributed by atoms with Gasteiger partial charge in [-0.05, 0) is 48.2 Å². The zero-order valence-corrected chi connectivity index (χ0v) is 19.6. The molecule has 0 saturated heterocycles. The van der Waals surface area contributed by atoms with Crippen LogP contribution in [-0.4, -0.2) is 29.3 Å². The average Bonchev–Trinajstić information content (AvgIpc) is 2.87. The van der Waals surface area contributed by atoms with Gasteiger partial charge < -0.3 is 9.84 Å². The largest absolute Gasteiger partial charge is 0.491 e. The Kier molecular flexibility index (Phi) is 9.67. The topological polar surface area (TPSA) is 80.7 Å². The zero-order valence-electron chi connectivity index (χ0n) is 19.6. The molecule has 0 radical (unpaired) electrons. The van der Waals surface area contributed by atoms with Gasteiger partial charge in [0.15, 0.2) is 0 Å². The minimum Gasteiger partial charge on any atom is -0.491 e. The van der Waals surface area contributed by atoms with Crippen molar-refractivity contribution in [1.82, 2.24) is 10.5 Å². The number of unbranched alkanes of at least 4 members (excludes halogenated alkanes) is 1. The maximum absolute atomic E-state index is 11.4. The van der Waals surface area contributed by atoms with Gasteiger partial charge in [0.2, 0.25) is 0 Å². The van der Waals surface area contributed by atoms with E-state index in [1.807, 2.05) is 66.7 Å². The molecule has 2 N–H and O–H groups in total. The van der Waals surface area contributed by atoms with Crippen molar-refractivity contribution in [1.29, 1.82) is 0 Å². The van der Waals surface area contributed by atoms with E-state index in [2.05, 4.69) is 24.0 Å². The van der Waals surface area contributed by atoms with Gasteiger partial charge in [0.1, 0.15) is 19.0 Å². The van der Waals surface area contributed by atoms with Crippen molar-refractivity contribution in [2.75, 3.05) is 13.2 Å². The number of nitrogens with one attached hydrogen (secondary N) is 1. The Labute approximate surface area is 201 Å². The quantitative estimate of drug-likeness (QED) is 0.235. The van der Waals surface area contributed by atoms with Gasteiger partial charge >= 0.3 is 5.97 Å². The molecular weight excluding hydrogens is 428 g/mol. The lowest BCUT2D eigenvalue weighted by Crippen LogP contribution is -2.17. The summed E-state index contributed by atoms with van der Waals surface area (Å²) in [5, 5.41) is 9.40. The molecule has 1 heterocycles. The molecule has 3 rings (SSSR count). The Morgan fingerprint density at radius 3 is 2.47 bits per heavy atom. The summed E-state index contributed by atoms with van der Waals surface area (Å²) < 4.78 is 5.71. The van der Waals surface area contributed by atoms with E-state index in [1.54, 1.807) is 6.20 Å². The van der Waals surface area contributed by atoms with E-state index in [-0.39, 0.29) is 5.92 Å². The molecule has 178 valence electrons. The fraction of sp³-hybridized carbons (Fsp3) is 0.286. The monoisotopic (exact) mass is 460 g/mol. The summed E-state index contributed by atoms with van der Waals surface area (Å²) >= 11 is 0. The van der Waals surface area contributed by atoms with Gasteiger partial charge in [0, 0.05) is 11.8 Å². The number of aliphatic carboxylic acids is 1. The summed E-state index contributed by atoms with van der Waals surface area (Å²) in [6.07, 6.45) is 4.94. The van der Waals surface area contributed by atoms with Crippen LogP contribution in [0.1, 0.15) is 37.3 Å².